The summed E-state index contributed by atoms with van der Waals surface area (Å²) in [6.45, 7) is 2.28. The van der Waals surface area contributed by atoms with E-state index in [4.69, 9.17) is 10.2 Å². The van der Waals surface area contributed by atoms with Gasteiger partial charge in [-0.2, -0.15) is 26.3 Å². The van der Waals surface area contributed by atoms with E-state index >= 15 is 0 Å². The van der Waals surface area contributed by atoms with Gasteiger partial charge in [0.2, 0.25) is 0 Å². The lowest BCUT2D eigenvalue weighted by atomic mass is 9.97. The minimum absolute atomic E-state index is 0.169. The summed E-state index contributed by atoms with van der Waals surface area (Å²) >= 11 is 0.643. The third-order valence-corrected chi connectivity index (χ3v) is 6.70. The number of carbonyl (C=O) groups is 2. The average molecular weight is 456 g/mol. The van der Waals surface area contributed by atoms with Crippen molar-refractivity contribution in [3.8, 4) is 0 Å². The topological polar surface area (TPSA) is 74.6 Å². The van der Waals surface area contributed by atoms with Gasteiger partial charge in [0, 0.05) is 15.3 Å². The fraction of sp³-hybridized carbons (Fsp3) is 0.294. The predicted molar refractivity (Wildman–Crippen MR) is 93.7 cm³/mol. The zero-order chi connectivity index (χ0) is 22.1. The van der Waals surface area contributed by atoms with E-state index in [-0.39, 0.29) is 21.8 Å². The lowest BCUT2D eigenvalue weighted by molar-refractivity contribution is -0.254. The zero-order valence-electron chi connectivity index (χ0n) is 14.4. The van der Waals surface area contributed by atoms with Crippen molar-refractivity contribution < 1.29 is 46.1 Å². The number of hydrogen-bond acceptors (Lipinski definition) is 4. The van der Waals surface area contributed by atoms with E-state index in [0.717, 1.165) is 19.9 Å². The van der Waals surface area contributed by atoms with E-state index in [0.29, 0.717) is 17.4 Å². The summed E-state index contributed by atoms with van der Waals surface area (Å²) < 4.78 is 87.0. The Morgan fingerprint density at radius 3 is 1.76 bits per heavy atom. The SMILES string of the molecule is Cc1cc(C(=O)O)sc1C1=C(c2cc(C(=O)O)sc2C)C(F)(F)C(F)(F)C1(F)F. The first-order valence-electron chi connectivity index (χ1n) is 7.71. The lowest BCUT2D eigenvalue weighted by Gasteiger charge is -2.25. The Kier molecular flexibility index (Phi) is 4.66. The van der Waals surface area contributed by atoms with Crippen LogP contribution in [0.1, 0.15) is 40.2 Å². The second kappa shape index (κ2) is 6.33. The van der Waals surface area contributed by atoms with Crippen molar-refractivity contribution in [1.29, 1.82) is 0 Å². The molecule has 29 heavy (non-hydrogen) atoms. The van der Waals surface area contributed by atoms with Crippen LogP contribution in [-0.4, -0.2) is 39.9 Å². The number of carboxylic acid groups (broad SMARTS) is 2. The van der Waals surface area contributed by atoms with Gasteiger partial charge in [-0.05, 0) is 37.1 Å². The number of hydrogen-bond donors (Lipinski definition) is 2. The molecule has 1 aliphatic carbocycles. The van der Waals surface area contributed by atoms with Gasteiger partial charge in [0.1, 0.15) is 9.75 Å². The normalized spacial score (nSPS) is 19.6. The molecule has 0 radical (unpaired) electrons. The van der Waals surface area contributed by atoms with E-state index < -0.39 is 61.0 Å². The first-order chi connectivity index (χ1) is 13.1. The first kappa shape index (κ1) is 21.4. The molecular formula is C17H10F6O4S2. The van der Waals surface area contributed by atoms with Crippen molar-refractivity contribution >= 4 is 45.8 Å². The quantitative estimate of drug-likeness (QED) is 0.583. The Morgan fingerprint density at radius 2 is 1.31 bits per heavy atom. The molecule has 0 unspecified atom stereocenters. The summed E-state index contributed by atoms with van der Waals surface area (Å²) in [6, 6.07) is 1.56. The van der Waals surface area contributed by atoms with Crippen molar-refractivity contribution in [3.05, 3.63) is 42.8 Å². The molecule has 0 aromatic carbocycles. The molecule has 0 bridgehead atoms. The molecule has 3 rings (SSSR count). The van der Waals surface area contributed by atoms with Gasteiger partial charge in [0.25, 0.3) is 0 Å². The highest BCUT2D eigenvalue weighted by Gasteiger charge is 2.80. The second-order valence-electron chi connectivity index (χ2n) is 6.29. The van der Waals surface area contributed by atoms with Crippen molar-refractivity contribution in [2.75, 3.05) is 0 Å². The summed E-state index contributed by atoms with van der Waals surface area (Å²) in [7, 11) is 0. The smallest absolute Gasteiger partial charge is 0.380 e. The van der Waals surface area contributed by atoms with E-state index in [1.807, 2.05) is 0 Å². The largest absolute Gasteiger partial charge is 0.477 e. The molecule has 2 heterocycles. The third kappa shape index (κ3) is 2.80. The van der Waals surface area contributed by atoms with Crippen molar-refractivity contribution in [2.45, 2.75) is 31.6 Å². The highest BCUT2D eigenvalue weighted by atomic mass is 32.1. The maximum absolute atomic E-state index is 14.6. The third-order valence-electron chi connectivity index (χ3n) is 4.42. The van der Waals surface area contributed by atoms with E-state index in [1.165, 1.54) is 0 Å². The van der Waals surface area contributed by atoms with Crippen LogP contribution >= 0.6 is 22.7 Å². The van der Waals surface area contributed by atoms with Crippen molar-refractivity contribution in [1.82, 2.24) is 0 Å². The molecule has 1 aliphatic rings. The number of carboxylic acids is 2. The summed E-state index contributed by atoms with van der Waals surface area (Å²) in [5, 5.41) is 18.1. The molecule has 2 N–H and O–H groups in total. The van der Waals surface area contributed by atoms with Gasteiger partial charge >= 0.3 is 29.7 Å². The Balaban J connectivity index is 2.45. The van der Waals surface area contributed by atoms with E-state index in [2.05, 4.69) is 0 Å². The maximum atomic E-state index is 14.6. The Bertz CT molecular complexity index is 998. The maximum Gasteiger partial charge on any atom is 0.380 e. The highest BCUT2D eigenvalue weighted by molar-refractivity contribution is 7.15. The average Bonchev–Trinajstić information content (AvgIpc) is 3.17. The Hall–Kier alpha value is -2.34. The molecule has 156 valence electrons. The van der Waals surface area contributed by atoms with Crippen LogP contribution in [0, 0.1) is 13.8 Å². The van der Waals surface area contributed by atoms with Crippen LogP contribution in [0.15, 0.2) is 12.1 Å². The summed E-state index contributed by atoms with van der Waals surface area (Å²) in [4.78, 5) is 20.4. The first-order valence-corrected chi connectivity index (χ1v) is 9.34. The van der Waals surface area contributed by atoms with Gasteiger partial charge in [0.15, 0.2) is 0 Å². The van der Waals surface area contributed by atoms with Crippen LogP contribution in [0.25, 0.3) is 11.1 Å². The van der Waals surface area contributed by atoms with E-state index in [1.54, 1.807) is 0 Å². The minimum Gasteiger partial charge on any atom is -0.477 e. The van der Waals surface area contributed by atoms with Gasteiger partial charge in [-0.1, -0.05) is 0 Å². The number of thiophene rings is 2. The zero-order valence-corrected chi connectivity index (χ0v) is 16.1. The van der Waals surface area contributed by atoms with Gasteiger partial charge in [0.05, 0.1) is 5.57 Å². The second-order valence-corrected chi connectivity index (χ2v) is 8.60. The molecule has 0 spiro atoms. The fourth-order valence-electron chi connectivity index (χ4n) is 3.06. The predicted octanol–water partition coefficient (Wildman–Crippen LogP) is 5.65. The van der Waals surface area contributed by atoms with Crippen LogP contribution in [0.3, 0.4) is 0 Å². The van der Waals surface area contributed by atoms with Gasteiger partial charge in [-0.3, -0.25) is 0 Å². The van der Waals surface area contributed by atoms with Crippen LogP contribution in [0.5, 0.6) is 0 Å². The summed E-state index contributed by atoms with van der Waals surface area (Å²) in [5.74, 6) is -19.5. The number of aromatic carboxylic acids is 2. The number of halogens is 6. The van der Waals surface area contributed by atoms with E-state index in [9.17, 15) is 35.9 Å². The molecule has 2 aromatic heterocycles. The molecule has 12 heteroatoms. The summed E-state index contributed by atoms with van der Waals surface area (Å²) in [6.07, 6.45) is 0. The molecule has 0 atom stereocenters. The van der Waals surface area contributed by atoms with Crippen LogP contribution in [-0.2, 0) is 0 Å². The lowest BCUT2D eigenvalue weighted by Crippen LogP contribution is -2.48. The molecule has 0 fully saturated rings. The molecule has 2 aromatic rings. The van der Waals surface area contributed by atoms with Crippen molar-refractivity contribution in [3.63, 3.8) is 0 Å². The van der Waals surface area contributed by atoms with Crippen molar-refractivity contribution in [2.24, 2.45) is 0 Å². The van der Waals surface area contributed by atoms with Crippen LogP contribution < -0.4 is 0 Å². The molecule has 0 aliphatic heterocycles. The molecular weight excluding hydrogens is 446 g/mol. The number of allylic oxidation sites excluding steroid dienone is 2. The molecule has 4 nitrogen and oxygen atoms in total. The Morgan fingerprint density at radius 1 is 0.828 bits per heavy atom. The number of alkyl halides is 6. The van der Waals surface area contributed by atoms with Crippen LogP contribution in [0.2, 0.25) is 0 Å². The fourth-order valence-corrected chi connectivity index (χ4v) is 5.02. The molecule has 0 saturated carbocycles. The molecule has 0 amide bonds. The van der Waals surface area contributed by atoms with Gasteiger partial charge < -0.3 is 10.2 Å². The summed E-state index contributed by atoms with van der Waals surface area (Å²) in [5.41, 5.74) is -4.33. The van der Waals surface area contributed by atoms with Gasteiger partial charge in [-0.15, -0.1) is 22.7 Å². The minimum atomic E-state index is -5.80. The number of aryl methyl sites for hydroxylation is 2. The highest BCUT2D eigenvalue weighted by Crippen LogP contribution is 2.66. The Labute approximate surface area is 166 Å². The van der Waals surface area contributed by atoms with Crippen LogP contribution in [0.4, 0.5) is 26.3 Å². The monoisotopic (exact) mass is 456 g/mol. The van der Waals surface area contributed by atoms with Gasteiger partial charge in [-0.25, -0.2) is 9.59 Å². The standard InChI is InChI=1S/C17H10F6O4S2/c1-5-3-8(13(24)25)29-12(5)11-10(7-4-9(14(26)27)28-6(7)2)15(18,19)17(22,23)16(11,20)21/h3-4H,1-2H3,(H,24,25)(H,26,27). The number of rotatable bonds is 4. The molecule has 0 saturated heterocycles.